The monoisotopic (exact) mass is 446 g/mol. The Hall–Kier alpha value is -0.150. The first kappa shape index (κ1) is 31.0. The van der Waals surface area contributed by atoms with Crippen LogP contribution in [0.25, 0.3) is 0 Å². The maximum atomic E-state index is 11.8. The number of hydrogen-bond donors (Lipinski definition) is 1. The van der Waals surface area contributed by atoms with E-state index in [1.165, 1.54) is 6.92 Å². The van der Waals surface area contributed by atoms with Crippen molar-refractivity contribution in [3.05, 3.63) is 0 Å². The Morgan fingerprint density at radius 1 is 0.897 bits per heavy atom. The second-order valence-electron chi connectivity index (χ2n) is 7.46. The van der Waals surface area contributed by atoms with Crippen molar-refractivity contribution in [1.82, 2.24) is 0 Å². The zero-order valence-electron chi connectivity index (χ0n) is 19.8. The van der Waals surface area contributed by atoms with E-state index in [2.05, 4.69) is 13.8 Å². The molecule has 168 valence electrons. The third-order valence-electron chi connectivity index (χ3n) is 5.10. The van der Waals surface area contributed by atoms with E-state index in [-0.39, 0.29) is 62.3 Å². The van der Waals surface area contributed by atoms with Gasteiger partial charge in [-0.3, -0.25) is 14.1 Å². The fourth-order valence-corrected chi connectivity index (χ4v) is 3.13. The fourth-order valence-electron chi connectivity index (χ4n) is 2.69. The van der Waals surface area contributed by atoms with Crippen LogP contribution in [-0.4, -0.2) is 43.4 Å². The summed E-state index contributed by atoms with van der Waals surface area (Å²) in [5.74, 6) is -0.465. The van der Waals surface area contributed by atoms with Gasteiger partial charge >= 0.3 is 41.5 Å². The Kier molecular flexibility index (Phi) is 18.8. The van der Waals surface area contributed by atoms with E-state index in [1.54, 1.807) is 0 Å². The van der Waals surface area contributed by atoms with E-state index in [1.807, 2.05) is 6.92 Å². The number of carbonyl (C=O) groups is 2. The summed E-state index contributed by atoms with van der Waals surface area (Å²) in [6.45, 7) is 8.16. The molecular formula is C20H39NaO7S. The van der Waals surface area contributed by atoms with Crippen LogP contribution in [0.2, 0.25) is 0 Å². The van der Waals surface area contributed by atoms with E-state index < -0.39 is 21.3 Å². The minimum atomic E-state index is -4.03. The van der Waals surface area contributed by atoms with Crippen LogP contribution in [0.4, 0.5) is 0 Å². The molecule has 0 radical (unpaired) electrons. The molecule has 3 unspecified atom stereocenters. The molecular weight excluding hydrogens is 407 g/mol. The molecule has 3 atom stereocenters. The molecule has 0 bridgehead atoms. The van der Waals surface area contributed by atoms with Crippen LogP contribution in [-0.2, 0) is 29.2 Å². The van der Waals surface area contributed by atoms with Gasteiger partial charge in [0.2, 0.25) is 0 Å². The van der Waals surface area contributed by atoms with Crippen molar-refractivity contribution < 1.29 is 63.0 Å². The van der Waals surface area contributed by atoms with Gasteiger partial charge in [0, 0.05) is 0 Å². The number of esters is 2. The zero-order chi connectivity index (χ0) is 21.6. The minimum absolute atomic E-state index is 0. The van der Waals surface area contributed by atoms with Crippen LogP contribution in [0.1, 0.15) is 86.9 Å². The van der Waals surface area contributed by atoms with Crippen molar-refractivity contribution in [3.8, 4) is 0 Å². The van der Waals surface area contributed by atoms with Gasteiger partial charge in [-0.25, -0.2) is 0 Å². The Balaban J connectivity index is -0.00000364. The maximum absolute atomic E-state index is 11.8. The molecule has 1 N–H and O–H groups in total. The number of carbonyl (C=O) groups excluding carboxylic acids is 2. The molecule has 0 amide bonds. The number of hydrogen-bond acceptors (Lipinski definition) is 6. The van der Waals surface area contributed by atoms with Gasteiger partial charge in [-0.05, 0) is 38.0 Å². The van der Waals surface area contributed by atoms with Gasteiger partial charge in [-0.1, -0.05) is 46.5 Å². The maximum Gasteiger partial charge on any atom is 1.00 e. The summed E-state index contributed by atoms with van der Waals surface area (Å²) in [7, 11) is -4.03. The summed E-state index contributed by atoms with van der Waals surface area (Å²) >= 11 is 0. The van der Waals surface area contributed by atoms with Crippen LogP contribution in [0.15, 0.2) is 0 Å². The second kappa shape index (κ2) is 17.5. The van der Waals surface area contributed by atoms with Crippen molar-refractivity contribution in [1.29, 1.82) is 0 Å². The average molecular weight is 447 g/mol. The van der Waals surface area contributed by atoms with Gasteiger partial charge in [0.25, 0.3) is 10.1 Å². The molecule has 9 heteroatoms. The Labute approximate surface area is 200 Å². The molecule has 0 aromatic rings. The molecule has 0 aromatic carbocycles. The van der Waals surface area contributed by atoms with E-state index in [4.69, 9.17) is 14.0 Å². The van der Waals surface area contributed by atoms with Gasteiger partial charge in [-0.15, -0.1) is 0 Å². The SMILES string of the molecule is CCCCC(CC)COC(=O)CCC(=O)OCC(CC)CCC(C)S(=O)(=O)O.[H-].[Na+]. The number of rotatable bonds is 16. The molecule has 0 rings (SSSR count). The molecule has 0 saturated heterocycles. The Morgan fingerprint density at radius 2 is 1.34 bits per heavy atom. The summed E-state index contributed by atoms with van der Waals surface area (Å²) in [5, 5.41) is -0.837. The van der Waals surface area contributed by atoms with E-state index in [9.17, 15) is 18.0 Å². The third-order valence-corrected chi connectivity index (χ3v) is 6.36. The molecule has 0 aliphatic heterocycles. The van der Waals surface area contributed by atoms with Crippen molar-refractivity contribution >= 4 is 22.1 Å². The predicted octanol–water partition coefficient (Wildman–Crippen LogP) is 1.27. The Morgan fingerprint density at radius 3 is 1.72 bits per heavy atom. The van der Waals surface area contributed by atoms with Gasteiger partial charge in [0.1, 0.15) is 0 Å². The molecule has 0 aliphatic rings. The molecule has 29 heavy (non-hydrogen) atoms. The van der Waals surface area contributed by atoms with E-state index in [0.29, 0.717) is 25.4 Å². The topological polar surface area (TPSA) is 107 Å². The molecule has 0 heterocycles. The molecule has 7 nitrogen and oxygen atoms in total. The molecule has 0 saturated carbocycles. The smallest absolute Gasteiger partial charge is 1.00 e. The van der Waals surface area contributed by atoms with Gasteiger partial charge in [0.15, 0.2) is 0 Å². The quantitative estimate of drug-likeness (QED) is 0.216. The Bertz CT molecular complexity index is 557. The van der Waals surface area contributed by atoms with Crippen LogP contribution in [0.5, 0.6) is 0 Å². The average Bonchev–Trinajstić information content (AvgIpc) is 2.65. The first-order valence-corrected chi connectivity index (χ1v) is 11.9. The number of unbranched alkanes of at least 4 members (excludes halogenated alkanes) is 1. The second-order valence-corrected chi connectivity index (χ2v) is 9.29. The standard InChI is InChI=1S/C20H38O7S.Na.H/c1-5-8-9-17(6-2)14-26-19(21)12-13-20(22)27-15-18(7-3)11-10-16(4)28(23,24)25;;/h16-18H,5-15H2,1-4H3,(H,23,24,25);;/q;+1;-1. The zero-order valence-corrected chi connectivity index (χ0v) is 21.6. The predicted molar refractivity (Wildman–Crippen MR) is 110 cm³/mol. The van der Waals surface area contributed by atoms with Crippen LogP contribution >= 0.6 is 0 Å². The largest absolute Gasteiger partial charge is 1.00 e. The minimum Gasteiger partial charge on any atom is -1.00 e. The van der Waals surface area contributed by atoms with Crippen molar-refractivity contribution in [2.45, 2.75) is 90.7 Å². The van der Waals surface area contributed by atoms with E-state index in [0.717, 1.165) is 32.1 Å². The van der Waals surface area contributed by atoms with Crippen LogP contribution in [0.3, 0.4) is 0 Å². The number of ether oxygens (including phenoxy) is 2. The fraction of sp³-hybridized carbons (Fsp3) is 0.900. The first-order chi connectivity index (χ1) is 13.1. The van der Waals surface area contributed by atoms with Crippen LogP contribution in [0, 0.1) is 11.8 Å². The summed E-state index contributed by atoms with van der Waals surface area (Å²) in [5.41, 5.74) is 0. The summed E-state index contributed by atoms with van der Waals surface area (Å²) < 4.78 is 41.5. The van der Waals surface area contributed by atoms with Crippen molar-refractivity contribution in [2.75, 3.05) is 13.2 Å². The molecule has 0 aliphatic carbocycles. The molecule has 0 spiro atoms. The molecule has 0 aromatic heterocycles. The summed E-state index contributed by atoms with van der Waals surface area (Å²) in [4.78, 5) is 23.6. The van der Waals surface area contributed by atoms with Crippen molar-refractivity contribution in [3.63, 3.8) is 0 Å². The van der Waals surface area contributed by atoms with Crippen molar-refractivity contribution in [2.24, 2.45) is 11.8 Å². The van der Waals surface area contributed by atoms with Gasteiger partial charge in [0.05, 0.1) is 31.3 Å². The normalized spacial score (nSPS) is 14.4. The summed E-state index contributed by atoms with van der Waals surface area (Å²) in [6.07, 6.45) is 5.77. The van der Waals surface area contributed by atoms with Gasteiger partial charge < -0.3 is 10.9 Å². The summed E-state index contributed by atoms with van der Waals surface area (Å²) in [6, 6.07) is 0. The van der Waals surface area contributed by atoms with E-state index >= 15 is 0 Å². The van der Waals surface area contributed by atoms with Crippen LogP contribution < -0.4 is 29.6 Å². The molecule has 0 fully saturated rings. The first-order valence-electron chi connectivity index (χ1n) is 10.4. The van der Waals surface area contributed by atoms with Gasteiger partial charge in [-0.2, -0.15) is 8.42 Å². The third kappa shape index (κ3) is 16.2.